The third kappa shape index (κ3) is 2.03. The van der Waals surface area contributed by atoms with Gasteiger partial charge < -0.3 is 5.73 Å². The van der Waals surface area contributed by atoms with E-state index in [1.807, 2.05) is 23.0 Å². The zero-order valence-corrected chi connectivity index (χ0v) is 11.0. The lowest BCUT2D eigenvalue weighted by molar-refractivity contribution is 0.801. The topological polar surface area (TPSA) is 43.8 Å². The van der Waals surface area contributed by atoms with E-state index in [9.17, 15) is 0 Å². The predicted molar refractivity (Wildman–Crippen MR) is 71.1 cm³/mol. The van der Waals surface area contributed by atoms with Gasteiger partial charge in [0, 0.05) is 22.5 Å². The maximum Gasteiger partial charge on any atom is 0.0649 e. The second-order valence-electron chi connectivity index (χ2n) is 4.42. The van der Waals surface area contributed by atoms with Crippen molar-refractivity contribution in [2.45, 2.75) is 25.3 Å². The van der Waals surface area contributed by atoms with E-state index in [4.69, 9.17) is 5.73 Å². The molecule has 1 saturated carbocycles. The van der Waals surface area contributed by atoms with Crippen LogP contribution in [0, 0.1) is 0 Å². The van der Waals surface area contributed by atoms with E-state index in [1.54, 1.807) is 0 Å². The Hall–Kier alpha value is -1.13. The fourth-order valence-electron chi connectivity index (χ4n) is 2.13. The fourth-order valence-corrected chi connectivity index (χ4v) is 2.39. The zero-order chi connectivity index (χ0) is 11.8. The van der Waals surface area contributed by atoms with Crippen LogP contribution >= 0.6 is 15.9 Å². The highest BCUT2D eigenvalue weighted by Crippen LogP contribution is 2.42. The van der Waals surface area contributed by atoms with Gasteiger partial charge in [-0.2, -0.15) is 5.10 Å². The molecule has 0 amide bonds. The minimum atomic E-state index is 0.572. The van der Waals surface area contributed by atoms with Crippen molar-refractivity contribution in [1.82, 2.24) is 9.78 Å². The summed E-state index contributed by atoms with van der Waals surface area (Å²) in [6.07, 6.45) is 4.42. The van der Waals surface area contributed by atoms with E-state index >= 15 is 0 Å². The molecule has 1 aliphatic rings. The second kappa shape index (κ2) is 4.27. The molecule has 88 valence electrons. The van der Waals surface area contributed by atoms with Crippen molar-refractivity contribution < 1.29 is 0 Å². The molecule has 17 heavy (non-hydrogen) atoms. The molecule has 4 heteroatoms. The second-order valence-corrected chi connectivity index (χ2v) is 5.34. The van der Waals surface area contributed by atoms with Gasteiger partial charge in [-0.3, -0.25) is 0 Å². The molecule has 0 atom stereocenters. The first-order valence-corrected chi connectivity index (χ1v) is 6.61. The van der Waals surface area contributed by atoms with E-state index in [-0.39, 0.29) is 0 Å². The highest BCUT2D eigenvalue weighted by molar-refractivity contribution is 9.10. The summed E-state index contributed by atoms with van der Waals surface area (Å²) < 4.78 is 3.12. The largest absolute Gasteiger partial charge is 0.326 e. The van der Waals surface area contributed by atoms with Crippen LogP contribution in [-0.2, 0) is 6.54 Å². The average molecular weight is 292 g/mol. The molecule has 1 aromatic heterocycles. The minimum absolute atomic E-state index is 0.572. The first-order chi connectivity index (χ1) is 8.29. The molecule has 0 aliphatic heterocycles. The number of halogens is 1. The maximum absolute atomic E-state index is 5.77. The van der Waals surface area contributed by atoms with Crippen LogP contribution in [0.3, 0.4) is 0 Å². The molecular weight excluding hydrogens is 278 g/mol. The Labute approximate surface area is 109 Å². The molecule has 3 rings (SSSR count). The number of rotatable bonds is 3. The van der Waals surface area contributed by atoms with Crippen molar-refractivity contribution in [3.63, 3.8) is 0 Å². The third-order valence-electron chi connectivity index (χ3n) is 3.14. The van der Waals surface area contributed by atoms with E-state index < -0.39 is 0 Å². The van der Waals surface area contributed by atoms with Gasteiger partial charge in [0.2, 0.25) is 0 Å². The molecule has 0 spiro atoms. The Kier molecular flexibility index (Phi) is 2.76. The van der Waals surface area contributed by atoms with E-state index in [0.717, 1.165) is 10.2 Å². The Morgan fingerprint density at radius 3 is 2.59 bits per heavy atom. The molecule has 0 bridgehead atoms. The van der Waals surface area contributed by atoms with Gasteiger partial charge in [0.1, 0.15) is 0 Å². The molecule has 1 fully saturated rings. The van der Waals surface area contributed by atoms with Crippen LogP contribution < -0.4 is 5.73 Å². The molecule has 2 N–H and O–H groups in total. The number of nitrogens with zero attached hydrogens (tertiary/aromatic N) is 2. The molecule has 1 aliphatic carbocycles. The van der Waals surface area contributed by atoms with Crippen LogP contribution in [0.25, 0.3) is 5.69 Å². The summed E-state index contributed by atoms with van der Waals surface area (Å²) in [4.78, 5) is 0. The summed E-state index contributed by atoms with van der Waals surface area (Å²) >= 11 is 3.45. The number of aromatic nitrogens is 2. The Morgan fingerprint density at radius 2 is 2.00 bits per heavy atom. The summed E-state index contributed by atoms with van der Waals surface area (Å²) in [5.41, 5.74) is 9.35. The highest BCUT2D eigenvalue weighted by Gasteiger charge is 2.30. The van der Waals surface area contributed by atoms with Crippen LogP contribution in [-0.4, -0.2) is 9.78 Å². The third-order valence-corrected chi connectivity index (χ3v) is 3.67. The van der Waals surface area contributed by atoms with Crippen LogP contribution in [0.15, 0.2) is 34.9 Å². The summed E-state index contributed by atoms with van der Waals surface area (Å²) in [5, 5.41) is 4.47. The molecular formula is C13H14BrN3. The molecule has 1 heterocycles. The van der Waals surface area contributed by atoms with Gasteiger partial charge in [0.05, 0.1) is 17.6 Å². The standard InChI is InChI=1S/C13H14BrN3/c14-11-3-5-12(6-4-11)17-13(9-1-2-9)10(7-15)8-16-17/h3-6,8-9H,1-2,7,15H2. The van der Waals surface area contributed by atoms with Gasteiger partial charge >= 0.3 is 0 Å². The first-order valence-electron chi connectivity index (χ1n) is 5.82. The summed E-state index contributed by atoms with van der Waals surface area (Å²) in [6, 6.07) is 8.22. The van der Waals surface area contributed by atoms with Gasteiger partial charge in [-0.05, 0) is 37.1 Å². The number of hydrogen-bond donors (Lipinski definition) is 1. The molecule has 0 saturated heterocycles. The van der Waals surface area contributed by atoms with E-state index in [0.29, 0.717) is 12.5 Å². The van der Waals surface area contributed by atoms with Crippen molar-refractivity contribution in [3.8, 4) is 5.69 Å². The smallest absolute Gasteiger partial charge is 0.0649 e. The normalized spacial score (nSPS) is 15.2. The van der Waals surface area contributed by atoms with Gasteiger partial charge in [0.15, 0.2) is 0 Å². The summed E-state index contributed by atoms with van der Waals surface area (Å²) in [7, 11) is 0. The van der Waals surface area contributed by atoms with Crippen LogP contribution in [0.1, 0.15) is 30.0 Å². The lowest BCUT2D eigenvalue weighted by Gasteiger charge is -2.08. The van der Waals surface area contributed by atoms with Gasteiger partial charge in [-0.25, -0.2) is 4.68 Å². The Balaban J connectivity index is 2.07. The Morgan fingerprint density at radius 1 is 1.29 bits per heavy atom. The quantitative estimate of drug-likeness (QED) is 0.945. The predicted octanol–water partition coefficient (Wildman–Crippen LogP) is 2.97. The monoisotopic (exact) mass is 291 g/mol. The molecule has 0 unspecified atom stereocenters. The van der Waals surface area contributed by atoms with Crippen LogP contribution in [0.5, 0.6) is 0 Å². The van der Waals surface area contributed by atoms with Crippen molar-refractivity contribution in [2.75, 3.05) is 0 Å². The first kappa shape index (κ1) is 11.0. The lowest BCUT2D eigenvalue weighted by atomic mass is 10.1. The van der Waals surface area contributed by atoms with Gasteiger partial charge in [0.25, 0.3) is 0 Å². The van der Waals surface area contributed by atoms with Crippen molar-refractivity contribution in [2.24, 2.45) is 5.73 Å². The Bertz CT molecular complexity index is 526. The van der Waals surface area contributed by atoms with Crippen LogP contribution in [0.2, 0.25) is 0 Å². The average Bonchev–Trinajstić information content (AvgIpc) is 3.10. The number of nitrogens with two attached hydrogens (primary N) is 1. The fraction of sp³-hybridized carbons (Fsp3) is 0.308. The lowest BCUT2D eigenvalue weighted by Crippen LogP contribution is -2.04. The van der Waals surface area contributed by atoms with Gasteiger partial charge in [-0.15, -0.1) is 0 Å². The molecule has 3 nitrogen and oxygen atoms in total. The minimum Gasteiger partial charge on any atom is -0.326 e. The van der Waals surface area contributed by atoms with Crippen molar-refractivity contribution in [1.29, 1.82) is 0 Å². The van der Waals surface area contributed by atoms with Crippen molar-refractivity contribution >= 4 is 15.9 Å². The van der Waals surface area contributed by atoms with Gasteiger partial charge in [-0.1, -0.05) is 15.9 Å². The summed E-state index contributed by atoms with van der Waals surface area (Å²) in [6.45, 7) is 0.572. The number of benzene rings is 1. The van der Waals surface area contributed by atoms with E-state index in [1.165, 1.54) is 24.1 Å². The SMILES string of the molecule is NCc1cnn(-c2ccc(Br)cc2)c1C1CC1. The maximum atomic E-state index is 5.77. The highest BCUT2D eigenvalue weighted by atomic mass is 79.9. The summed E-state index contributed by atoms with van der Waals surface area (Å²) in [5.74, 6) is 0.652. The number of hydrogen-bond acceptors (Lipinski definition) is 2. The zero-order valence-electron chi connectivity index (χ0n) is 9.44. The van der Waals surface area contributed by atoms with Crippen molar-refractivity contribution in [3.05, 3.63) is 46.2 Å². The van der Waals surface area contributed by atoms with E-state index in [2.05, 4.69) is 33.2 Å². The molecule has 0 radical (unpaired) electrons. The molecule has 2 aromatic rings. The van der Waals surface area contributed by atoms with Crippen LogP contribution in [0.4, 0.5) is 0 Å². The molecule has 1 aromatic carbocycles.